The first-order chi connectivity index (χ1) is 18.5. The van der Waals surface area contributed by atoms with Gasteiger partial charge >= 0.3 is 0 Å². The van der Waals surface area contributed by atoms with Crippen LogP contribution < -0.4 is 14.2 Å². The number of nitriles is 1. The average molecular weight is 612 g/mol. The van der Waals surface area contributed by atoms with E-state index in [2.05, 4.69) is 62.6 Å². The van der Waals surface area contributed by atoms with Crippen molar-refractivity contribution in [2.75, 3.05) is 17.9 Å². The van der Waals surface area contributed by atoms with Crippen LogP contribution >= 0.6 is 15.9 Å². The van der Waals surface area contributed by atoms with Gasteiger partial charge in [-0.3, -0.25) is 4.72 Å². The van der Waals surface area contributed by atoms with E-state index in [1.54, 1.807) is 43.4 Å². The number of aryl methyl sites for hydroxylation is 1. The monoisotopic (exact) mass is 610 g/mol. The Morgan fingerprint density at radius 2 is 1.62 bits per heavy atom. The fourth-order valence-corrected chi connectivity index (χ4v) is 4.99. The smallest absolute Gasteiger partial charge is 0.263 e. The number of benzene rings is 2. The molecular weight excluding hydrogens is 584 g/mol. The average Bonchev–Trinajstić information content (AvgIpc) is 3.21. The number of aromatic nitrogens is 4. The number of hydrogen-bond acceptors (Lipinski definition) is 8. The first kappa shape index (κ1) is 28.1. The van der Waals surface area contributed by atoms with Crippen molar-refractivity contribution >= 4 is 31.8 Å². The SMILES string of the molecule is Cn1nc(OCCOc2cnc(Br)nc2)c(-c2ccc(C#N)cc2)c1NS(=O)(=O)c1ccc(C(C)(C)C)cc1. The van der Waals surface area contributed by atoms with Gasteiger partial charge in [-0.15, -0.1) is 5.10 Å². The highest BCUT2D eigenvalue weighted by Gasteiger charge is 2.25. The number of hydrogen-bond donors (Lipinski definition) is 1. The van der Waals surface area contributed by atoms with Crippen molar-refractivity contribution in [2.45, 2.75) is 31.1 Å². The number of sulfonamides is 1. The van der Waals surface area contributed by atoms with Crippen LogP contribution in [0, 0.1) is 11.3 Å². The van der Waals surface area contributed by atoms with Crippen molar-refractivity contribution in [3.8, 4) is 28.8 Å². The third-order valence-corrected chi connectivity index (χ3v) is 7.53. The molecule has 0 spiro atoms. The number of rotatable bonds is 9. The normalized spacial score (nSPS) is 11.6. The Balaban J connectivity index is 1.62. The van der Waals surface area contributed by atoms with Gasteiger partial charge in [0.1, 0.15) is 19.0 Å². The van der Waals surface area contributed by atoms with Gasteiger partial charge in [-0.05, 0) is 56.7 Å². The van der Waals surface area contributed by atoms with Crippen LogP contribution in [0.1, 0.15) is 31.9 Å². The van der Waals surface area contributed by atoms with Crippen LogP contribution in [-0.2, 0) is 22.5 Å². The van der Waals surface area contributed by atoms with E-state index in [9.17, 15) is 13.7 Å². The minimum atomic E-state index is -3.95. The lowest BCUT2D eigenvalue weighted by Crippen LogP contribution is -2.17. The molecule has 202 valence electrons. The lowest BCUT2D eigenvalue weighted by molar-refractivity contribution is 0.210. The molecule has 2 aromatic carbocycles. The Kier molecular flexibility index (Phi) is 8.22. The van der Waals surface area contributed by atoms with E-state index >= 15 is 0 Å². The standard InChI is InChI=1S/C27H27BrN6O4S/c1-27(2,3)20-9-11-22(12-10-20)39(35,36)33-24-23(19-7-5-18(15-29)6-8-19)25(32-34(24)4)38-14-13-37-21-16-30-26(28)31-17-21/h5-12,16-17,33H,13-14H2,1-4H3. The molecule has 0 fully saturated rings. The predicted octanol–water partition coefficient (Wildman–Crippen LogP) is 5.07. The van der Waals surface area contributed by atoms with Gasteiger partial charge < -0.3 is 9.47 Å². The summed E-state index contributed by atoms with van der Waals surface area (Å²) in [5.74, 6) is 0.900. The maximum Gasteiger partial charge on any atom is 0.263 e. The second-order valence-electron chi connectivity index (χ2n) is 9.61. The van der Waals surface area contributed by atoms with Gasteiger partial charge in [0, 0.05) is 7.05 Å². The summed E-state index contributed by atoms with van der Waals surface area (Å²) in [4.78, 5) is 8.14. The highest BCUT2D eigenvalue weighted by molar-refractivity contribution is 9.10. The zero-order chi connectivity index (χ0) is 28.2. The third kappa shape index (κ3) is 6.74. The first-order valence-corrected chi connectivity index (χ1v) is 14.2. The van der Waals surface area contributed by atoms with Crippen LogP contribution in [-0.4, -0.2) is 41.4 Å². The molecule has 0 aliphatic rings. The Labute approximate surface area is 235 Å². The molecule has 0 saturated heterocycles. The van der Waals surface area contributed by atoms with E-state index in [-0.39, 0.29) is 35.2 Å². The van der Waals surface area contributed by atoms with E-state index in [1.165, 1.54) is 17.1 Å². The molecule has 0 aliphatic carbocycles. The largest absolute Gasteiger partial charge is 0.487 e. The maximum absolute atomic E-state index is 13.4. The molecule has 10 nitrogen and oxygen atoms in total. The molecule has 39 heavy (non-hydrogen) atoms. The molecule has 0 aliphatic heterocycles. The van der Waals surface area contributed by atoms with Gasteiger partial charge in [0.05, 0.1) is 34.5 Å². The topological polar surface area (TPSA) is 132 Å². The van der Waals surface area contributed by atoms with E-state index in [4.69, 9.17) is 9.47 Å². The summed E-state index contributed by atoms with van der Waals surface area (Å²) in [7, 11) is -2.33. The summed E-state index contributed by atoms with van der Waals surface area (Å²) in [5.41, 5.74) is 2.44. The van der Waals surface area contributed by atoms with Gasteiger partial charge in [-0.1, -0.05) is 45.0 Å². The Morgan fingerprint density at radius 1 is 1.00 bits per heavy atom. The van der Waals surface area contributed by atoms with E-state index in [0.29, 0.717) is 27.2 Å². The highest BCUT2D eigenvalue weighted by Crippen LogP contribution is 2.38. The summed E-state index contributed by atoms with van der Waals surface area (Å²) in [6.07, 6.45) is 3.06. The van der Waals surface area contributed by atoms with Crippen molar-refractivity contribution in [3.05, 3.63) is 76.8 Å². The van der Waals surface area contributed by atoms with Crippen LogP contribution in [0.5, 0.6) is 11.6 Å². The number of nitrogens with one attached hydrogen (secondary N) is 1. The molecule has 0 unspecified atom stereocenters. The molecule has 0 atom stereocenters. The molecule has 4 rings (SSSR count). The summed E-state index contributed by atoms with van der Waals surface area (Å²) >= 11 is 3.17. The van der Waals surface area contributed by atoms with E-state index < -0.39 is 10.0 Å². The van der Waals surface area contributed by atoms with Crippen molar-refractivity contribution in [1.29, 1.82) is 5.26 Å². The molecule has 4 aromatic rings. The van der Waals surface area contributed by atoms with Gasteiger partial charge in [0.2, 0.25) is 5.88 Å². The molecule has 0 amide bonds. The van der Waals surface area contributed by atoms with Crippen molar-refractivity contribution in [1.82, 2.24) is 19.7 Å². The lowest BCUT2D eigenvalue weighted by Gasteiger charge is -2.19. The Morgan fingerprint density at radius 3 is 2.21 bits per heavy atom. The second-order valence-corrected chi connectivity index (χ2v) is 12.0. The van der Waals surface area contributed by atoms with Crippen LogP contribution in [0.2, 0.25) is 0 Å². The number of anilines is 1. The first-order valence-electron chi connectivity index (χ1n) is 11.9. The number of ether oxygens (including phenoxy) is 2. The summed E-state index contributed by atoms with van der Waals surface area (Å²) in [6.45, 7) is 6.49. The maximum atomic E-state index is 13.4. The Bertz CT molecular complexity index is 1590. The minimum Gasteiger partial charge on any atom is -0.487 e. The lowest BCUT2D eigenvalue weighted by atomic mass is 9.87. The third-order valence-electron chi connectivity index (χ3n) is 5.77. The van der Waals surface area contributed by atoms with Gasteiger partial charge in [-0.25, -0.2) is 23.1 Å². The molecular formula is C27H27BrN6O4S. The summed E-state index contributed by atoms with van der Waals surface area (Å²) in [6, 6.07) is 15.6. The van der Waals surface area contributed by atoms with Crippen LogP contribution in [0.4, 0.5) is 5.82 Å². The van der Waals surface area contributed by atoms with Crippen LogP contribution in [0.25, 0.3) is 11.1 Å². The quantitative estimate of drug-likeness (QED) is 0.205. The molecule has 0 saturated carbocycles. The van der Waals surface area contributed by atoms with Crippen molar-refractivity contribution < 1.29 is 17.9 Å². The molecule has 0 radical (unpaired) electrons. The van der Waals surface area contributed by atoms with Crippen molar-refractivity contribution in [3.63, 3.8) is 0 Å². The number of halogens is 1. The second kappa shape index (κ2) is 11.4. The van der Waals surface area contributed by atoms with Gasteiger partial charge in [-0.2, -0.15) is 5.26 Å². The van der Waals surface area contributed by atoms with E-state index in [0.717, 1.165) is 5.56 Å². The zero-order valence-corrected chi connectivity index (χ0v) is 24.2. The molecule has 0 bridgehead atoms. The fraction of sp³-hybridized carbons (Fsp3) is 0.259. The zero-order valence-electron chi connectivity index (χ0n) is 21.8. The number of nitrogens with zero attached hydrogens (tertiary/aromatic N) is 5. The van der Waals surface area contributed by atoms with Crippen LogP contribution in [0.15, 0.2) is 70.6 Å². The van der Waals surface area contributed by atoms with E-state index in [1.807, 2.05) is 12.1 Å². The van der Waals surface area contributed by atoms with Crippen LogP contribution in [0.3, 0.4) is 0 Å². The fourth-order valence-electron chi connectivity index (χ4n) is 3.68. The van der Waals surface area contributed by atoms with Gasteiger partial charge in [0.15, 0.2) is 10.5 Å². The Hall–Kier alpha value is -3.95. The predicted molar refractivity (Wildman–Crippen MR) is 150 cm³/mol. The highest BCUT2D eigenvalue weighted by atomic mass is 79.9. The molecule has 12 heteroatoms. The molecule has 1 N–H and O–H groups in total. The minimum absolute atomic E-state index is 0.110. The molecule has 2 aromatic heterocycles. The molecule has 2 heterocycles. The van der Waals surface area contributed by atoms with Crippen molar-refractivity contribution in [2.24, 2.45) is 7.05 Å². The summed E-state index contributed by atoms with van der Waals surface area (Å²) < 4.78 is 42.8. The summed E-state index contributed by atoms with van der Waals surface area (Å²) in [5, 5.41) is 13.6. The van der Waals surface area contributed by atoms with Gasteiger partial charge in [0.25, 0.3) is 10.0 Å².